The lowest BCUT2D eigenvalue weighted by Crippen LogP contribution is -2.45. The predicted molar refractivity (Wildman–Crippen MR) is 129 cm³/mol. The standard InChI is InChI=1S/C26H38N6O/c1-20-8-5-6-9-22(20)18-25(33)31-15-7-10-23(19-31)21-13-16-30(17-14-21)26-27-28-29-32(26)24-11-3-2-4-12-24/h2-4,11-12,20-23H,5-10,13-19H2,1H3. The first-order valence-corrected chi connectivity index (χ1v) is 13.1. The van der Waals surface area contributed by atoms with Crippen molar-refractivity contribution in [2.45, 2.75) is 64.7 Å². The number of para-hydroxylation sites is 1. The maximum atomic E-state index is 13.1. The minimum atomic E-state index is 0.415. The zero-order chi connectivity index (χ0) is 22.6. The van der Waals surface area contributed by atoms with Gasteiger partial charge in [0, 0.05) is 32.6 Å². The number of carbonyl (C=O) groups is 1. The van der Waals surface area contributed by atoms with Gasteiger partial charge >= 0.3 is 0 Å². The Bertz CT molecular complexity index is 907. The second-order valence-corrected chi connectivity index (χ2v) is 10.5. The fourth-order valence-corrected chi connectivity index (χ4v) is 6.36. The molecule has 0 spiro atoms. The molecule has 2 aliphatic heterocycles. The molecule has 3 atom stereocenters. The number of benzene rings is 1. The number of rotatable bonds is 5. The van der Waals surface area contributed by atoms with E-state index in [1.54, 1.807) is 0 Å². The number of hydrogen-bond acceptors (Lipinski definition) is 5. The van der Waals surface area contributed by atoms with Crippen LogP contribution in [0.15, 0.2) is 30.3 Å². The molecular formula is C26H38N6O. The first kappa shape index (κ1) is 22.4. The number of likely N-dealkylation sites (tertiary alicyclic amines) is 1. The number of amides is 1. The number of anilines is 1. The minimum absolute atomic E-state index is 0.415. The van der Waals surface area contributed by atoms with Crippen LogP contribution in [0, 0.1) is 23.7 Å². The van der Waals surface area contributed by atoms with Gasteiger partial charge in [0.2, 0.25) is 11.9 Å². The average molecular weight is 451 g/mol. The number of carbonyl (C=O) groups excluding carboxylic acids is 1. The van der Waals surface area contributed by atoms with Crippen molar-refractivity contribution >= 4 is 11.9 Å². The van der Waals surface area contributed by atoms with Crippen molar-refractivity contribution in [1.29, 1.82) is 0 Å². The quantitative estimate of drug-likeness (QED) is 0.678. The minimum Gasteiger partial charge on any atom is -0.342 e. The maximum absolute atomic E-state index is 13.1. The Hall–Kier alpha value is -2.44. The maximum Gasteiger partial charge on any atom is 0.250 e. The number of hydrogen-bond donors (Lipinski definition) is 0. The summed E-state index contributed by atoms with van der Waals surface area (Å²) >= 11 is 0. The van der Waals surface area contributed by atoms with Gasteiger partial charge in [-0.3, -0.25) is 4.79 Å². The predicted octanol–water partition coefficient (Wildman–Crippen LogP) is 4.33. The molecule has 0 N–H and O–H groups in total. The summed E-state index contributed by atoms with van der Waals surface area (Å²) in [6.45, 7) is 6.22. The molecule has 0 radical (unpaired) electrons. The molecule has 33 heavy (non-hydrogen) atoms. The summed E-state index contributed by atoms with van der Waals surface area (Å²) in [5.74, 6) is 3.88. The molecule has 3 fully saturated rings. The van der Waals surface area contributed by atoms with Gasteiger partial charge in [0.15, 0.2) is 0 Å². The molecule has 7 nitrogen and oxygen atoms in total. The van der Waals surface area contributed by atoms with Crippen molar-refractivity contribution in [3.63, 3.8) is 0 Å². The highest BCUT2D eigenvalue weighted by Gasteiger charge is 2.34. The summed E-state index contributed by atoms with van der Waals surface area (Å²) in [4.78, 5) is 17.6. The summed E-state index contributed by atoms with van der Waals surface area (Å²) in [5, 5.41) is 12.5. The zero-order valence-corrected chi connectivity index (χ0v) is 20.0. The SMILES string of the molecule is CC1CCCCC1CC(=O)N1CCCC(C2CCN(c3nnnn3-c3ccccc3)CC2)C1. The molecule has 3 heterocycles. The summed E-state index contributed by atoms with van der Waals surface area (Å²) in [6.07, 6.45) is 10.7. The molecule has 1 aliphatic carbocycles. The highest BCUT2D eigenvalue weighted by atomic mass is 16.2. The van der Waals surface area contributed by atoms with E-state index in [-0.39, 0.29) is 0 Å². The van der Waals surface area contributed by atoms with E-state index in [4.69, 9.17) is 0 Å². The molecule has 2 saturated heterocycles. The van der Waals surface area contributed by atoms with E-state index in [1.165, 1.54) is 32.1 Å². The first-order chi connectivity index (χ1) is 16.2. The third kappa shape index (κ3) is 5.07. The summed E-state index contributed by atoms with van der Waals surface area (Å²) < 4.78 is 1.84. The van der Waals surface area contributed by atoms with Crippen LogP contribution in [0.3, 0.4) is 0 Å². The van der Waals surface area contributed by atoms with E-state index in [2.05, 4.69) is 32.2 Å². The normalized spacial score (nSPS) is 27.0. The van der Waals surface area contributed by atoms with Crippen LogP contribution in [0.4, 0.5) is 5.95 Å². The lowest BCUT2D eigenvalue weighted by Gasteiger charge is -2.41. The van der Waals surface area contributed by atoms with Crippen molar-refractivity contribution < 1.29 is 4.79 Å². The Kier molecular flexibility index (Phi) is 6.93. The van der Waals surface area contributed by atoms with Crippen molar-refractivity contribution in [3.8, 4) is 5.69 Å². The van der Waals surface area contributed by atoms with Crippen LogP contribution in [0.25, 0.3) is 5.69 Å². The van der Waals surface area contributed by atoms with Crippen LogP contribution in [-0.4, -0.2) is 57.2 Å². The lowest BCUT2D eigenvalue weighted by atomic mass is 9.77. The third-order valence-electron chi connectivity index (χ3n) is 8.48. The highest BCUT2D eigenvalue weighted by Crippen LogP contribution is 2.35. The molecule has 1 saturated carbocycles. The van der Waals surface area contributed by atoms with Crippen LogP contribution >= 0.6 is 0 Å². The van der Waals surface area contributed by atoms with Crippen LogP contribution in [0.1, 0.15) is 64.7 Å². The smallest absolute Gasteiger partial charge is 0.250 e. The topological polar surface area (TPSA) is 67.2 Å². The van der Waals surface area contributed by atoms with Gasteiger partial charge in [-0.25, -0.2) is 0 Å². The van der Waals surface area contributed by atoms with E-state index < -0.39 is 0 Å². The van der Waals surface area contributed by atoms with Crippen molar-refractivity contribution in [2.75, 3.05) is 31.1 Å². The zero-order valence-electron chi connectivity index (χ0n) is 20.0. The van der Waals surface area contributed by atoms with Gasteiger partial charge in [0.25, 0.3) is 0 Å². The summed E-state index contributed by atoms with van der Waals surface area (Å²) in [5.41, 5.74) is 0.994. The van der Waals surface area contributed by atoms with E-state index >= 15 is 0 Å². The first-order valence-electron chi connectivity index (χ1n) is 13.1. The Labute approximate surface area is 197 Å². The van der Waals surface area contributed by atoms with E-state index in [1.807, 2.05) is 35.0 Å². The van der Waals surface area contributed by atoms with Crippen LogP contribution in [0.5, 0.6) is 0 Å². The molecule has 0 bridgehead atoms. The molecule has 3 unspecified atom stereocenters. The third-order valence-corrected chi connectivity index (χ3v) is 8.48. The second kappa shape index (κ2) is 10.2. The summed E-state index contributed by atoms with van der Waals surface area (Å²) in [7, 11) is 0. The molecule has 1 aromatic heterocycles. The number of piperidine rings is 2. The Morgan fingerprint density at radius 3 is 2.52 bits per heavy atom. The fourth-order valence-electron chi connectivity index (χ4n) is 6.36. The van der Waals surface area contributed by atoms with Gasteiger partial charge in [0.05, 0.1) is 5.69 Å². The van der Waals surface area contributed by atoms with Gasteiger partial charge in [-0.15, -0.1) is 0 Å². The van der Waals surface area contributed by atoms with Crippen molar-refractivity contribution in [2.24, 2.45) is 23.7 Å². The summed E-state index contributed by atoms with van der Waals surface area (Å²) in [6, 6.07) is 10.1. The molecule has 3 aliphatic rings. The lowest BCUT2D eigenvalue weighted by molar-refractivity contribution is -0.135. The number of aromatic nitrogens is 4. The molecular weight excluding hydrogens is 412 g/mol. The van der Waals surface area contributed by atoms with Gasteiger partial charge in [-0.1, -0.05) is 49.5 Å². The molecule has 7 heteroatoms. The largest absolute Gasteiger partial charge is 0.342 e. The fraction of sp³-hybridized carbons (Fsp3) is 0.692. The Morgan fingerprint density at radius 1 is 0.939 bits per heavy atom. The number of nitrogens with zero attached hydrogens (tertiary/aromatic N) is 6. The van der Waals surface area contributed by atoms with Crippen LogP contribution < -0.4 is 4.90 Å². The monoisotopic (exact) mass is 450 g/mol. The molecule has 2 aromatic rings. The van der Waals surface area contributed by atoms with Gasteiger partial charge < -0.3 is 9.80 Å². The van der Waals surface area contributed by atoms with Gasteiger partial charge in [-0.05, 0) is 78.3 Å². The molecule has 178 valence electrons. The van der Waals surface area contributed by atoms with E-state index in [0.29, 0.717) is 29.6 Å². The van der Waals surface area contributed by atoms with Gasteiger partial charge in [0.1, 0.15) is 0 Å². The highest BCUT2D eigenvalue weighted by molar-refractivity contribution is 5.76. The second-order valence-electron chi connectivity index (χ2n) is 10.5. The van der Waals surface area contributed by atoms with Crippen LogP contribution in [-0.2, 0) is 4.79 Å². The Balaban J connectivity index is 1.15. The molecule has 1 amide bonds. The van der Waals surface area contributed by atoms with E-state index in [9.17, 15) is 4.79 Å². The average Bonchev–Trinajstić information content (AvgIpc) is 3.36. The number of tetrazole rings is 1. The molecule has 5 rings (SSSR count). The van der Waals surface area contributed by atoms with Crippen LogP contribution in [0.2, 0.25) is 0 Å². The Morgan fingerprint density at radius 2 is 1.73 bits per heavy atom. The molecule has 1 aromatic carbocycles. The van der Waals surface area contributed by atoms with Crippen molar-refractivity contribution in [3.05, 3.63) is 30.3 Å². The van der Waals surface area contributed by atoms with Crippen molar-refractivity contribution in [1.82, 2.24) is 25.1 Å². The van der Waals surface area contributed by atoms with Gasteiger partial charge in [-0.2, -0.15) is 4.68 Å². The van der Waals surface area contributed by atoms with E-state index in [0.717, 1.165) is 63.5 Å².